The Bertz CT molecular complexity index is 517. The molecule has 0 spiro atoms. The standard InChI is InChI=1S/C11H9Cl2N3O/c12-7-1-2-10(9(13)3-7)17-6-11-15-4-8(14)5-16-11/h1-5H,6,14H2. The van der Waals surface area contributed by atoms with Crippen molar-refractivity contribution in [1.29, 1.82) is 0 Å². The zero-order chi connectivity index (χ0) is 12.3. The van der Waals surface area contributed by atoms with E-state index in [2.05, 4.69) is 9.97 Å². The first-order valence-corrected chi connectivity index (χ1v) is 5.55. The Kier molecular flexibility index (Phi) is 3.66. The molecule has 88 valence electrons. The molecule has 0 radical (unpaired) electrons. The predicted molar refractivity (Wildman–Crippen MR) is 67.2 cm³/mol. The third-order valence-electron chi connectivity index (χ3n) is 1.98. The van der Waals surface area contributed by atoms with Crippen molar-refractivity contribution < 1.29 is 4.74 Å². The molecule has 1 heterocycles. The van der Waals surface area contributed by atoms with Gasteiger partial charge in [0.1, 0.15) is 12.4 Å². The predicted octanol–water partition coefficient (Wildman–Crippen LogP) is 2.94. The minimum atomic E-state index is 0.224. The second-order valence-corrected chi connectivity index (χ2v) is 4.14. The number of hydrogen-bond acceptors (Lipinski definition) is 4. The third kappa shape index (κ3) is 3.22. The van der Waals surface area contributed by atoms with Crippen LogP contribution in [0, 0.1) is 0 Å². The molecule has 0 fully saturated rings. The van der Waals surface area contributed by atoms with Crippen molar-refractivity contribution in [3.63, 3.8) is 0 Å². The Morgan fingerprint density at radius 1 is 1.18 bits per heavy atom. The van der Waals surface area contributed by atoms with Crippen LogP contribution in [0.1, 0.15) is 5.82 Å². The highest BCUT2D eigenvalue weighted by Crippen LogP contribution is 2.27. The van der Waals surface area contributed by atoms with Gasteiger partial charge in [-0.3, -0.25) is 0 Å². The summed E-state index contributed by atoms with van der Waals surface area (Å²) in [7, 11) is 0. The molecule has 0 saturated carbocycles. The van der Waals surface area contributed by atoms with E-state index in [9.17, 15) is 0 Å². The summed E-state index contributed by atoms with van der Waals surface area (Å²) < 4.78 is 5.46. The molecule has 1 aromatic heterocycles. The Hall–Kier alpha value is -1.52. The molecule has 2 N–H and O–H groups in total. The SMILES string of the molecule is Nc1cnc(COc2ccc(Cl)cc2Cl)nc1. The highest BCUT2D eigenvalue weighted by Gasteiger charge is 2.03. The number of ether oxygens (including phenoxy) is 1. The minimum absolute atomic E-state index is 0.224. The largest absolute Gasteiger partial charge is 0.484 e. The number of halogens is 2. The maximum Gasteiger partial charge on any atom is 0.166 e. The molecule has 0 amide bonds. The first-order chi connectivity index (χ1) is 8.15. The van der Waals surface area contributed by atoms with Gasteiger partial charge in [-0.05, 0) is 18.2 Å². The lowest BCUT2D eigenvalue weighted by atomic mass is 10.3. The fraction of sp³-hybridized carbons (Fsp3) is 0.0909. The molecule has 6 heteroatoms. The number of rotatable bonds is 3. The van der Waals surface area contributed by atoms with Crippen LogP contribution in [0.5, 0.6) is 5.75 Å². The fourth-order valence-corrected chi connectivity index (χ4v) is 1.64. The second-order valence-electron chi connectivity index (χ2n) is 3.30. The summed E-state index contributed by atoms with van der Waals surface area (Å²) in [5.74, 6) is 1.07. The van der Waals surface area contributed by atoms with Crippen LogP contribution in [0.25, 0.3) is 0 Å². The van der Waals surface area contributed by atoms with E-state index in [1.54, 1.807) is 18.2 Å². The summed E-state index contributed by atoms with van der Waals surface area (Å²) in [4.78, 5) is 8.02. The minimum Gasteiger partial charge on any atom is -0.484 e. The molecule has 0 unspecified atom stereocenters. The number of nitrogens with two attached hydrogens (primary N) is 1. The van der Waals surface area contributed by atoms with E-state index in [4.69, 9.17) is 33.7 Å². The normalized spacial score (nSPS) is 10.2. The number of hydrogen-bond donors (Lipinski definition) is 1. The quantitative estimate of drug-likeness (QED) is 0.931. The van der Waals surface area contributed by atoms with Gasteiger partial charge in [-0.15, -0.1) is 0 Å². The Balaban J connectivity index is 2.04. The number of nitrogens with zero attached hydrogens (tertiary/aromatic N) is 2. The van der Waals surface area contributed by atoms with Gasteiger partial charge < -0.3 is 10.5 Å². The molecule has 4 nitrogen and oxygen atoms in total. The molecule has 1 aromatic carbocycles. The highest BCUT2D eigenvalue weighted by atomic mass is 35.5. The summed E-state index contributed by atoms with van der Waals surface area (Å²) in [6, 6.07) is 5.01. The van der Waals surface area contributed by atoms with Crippen molar-refractivity contribution in [2.24, 2.45) is 0 Å². The lowest BCUT2D eigenvalue weighted by molar-refractivity contribution is 0.296. The lowest BCUT2D eigenvalue weighted by Crippen LogP contribution is -2.02. The van der Waals surface area contributed by atoms with Gasteiger partial charge in [0.25, 0.3) is 0 Å². The van der Waals surface area contributed by atoms with E-state index < -0.39 is 0 Å². The van der Waals surface area contributed by atoms with Gasteiger partial charge in [0, 0.05) is 5.02 Å². The van der Waals surface area contributed by atoms with Crippen molar-refractivity contribution in [2.45, 2.75) is 6.61 Å². The summed E-state index contributed by atoms with van der Waals surface area (Å²) in [6.45, 7) is 0.224. The molecule has 2 rings (SSSR count). The van der Waals surface area contributed by atoms with Crippen LogP contribution >= 0.6 is 23.2 Å². The first kappa shape index (κ1) is 12.0. The van der Waals surface area contributed by atoms with E-state index in [0.717, 1.165) is 0 Å². The lowest BCUT2D eigenvalue weighted by Gasteiger charge is -2.07. The van der Waals surface area contributed by atoms with Gasteiger partial charge in [0.05, 0.1) is 23.1 Å². The van der Waals surface area contributed by atoms with Gasteiger partial charge in [-0.2, -0.15) is 0 Å². The van der Waals surface area contributed by atoms with Gasteiger partial charge in [-0.25, -0.2) is 9.97 Å². The topological polar surface area (TPSA) is 61.0 Å². The van der Waals surface area contributed by atoms with Crippen LogP contribution in [0.3, 0.4) is 0 Å². The molecule has 0 atom stereocenters. The number of aromatic nitrogens is 2. The van der Waals surface area contributed by atoms with Crippen molar-refractivity contribution in [3.05, 3.63) is 46.5 Å². The first-order valence-electron chi connectivity index (χ1n) is 4.79. The Labute approximate surface area is 108 Å². The number of nitrogen functional groups attached to an aromatic ring is 1. The average molecular weight is 270 g/mol. The maximum atomic E-state index is 5.95. The van der Waals surface area contributed by atoms with E-state index in [0.29, 0.717) is 27.3 Å². The van der Waals surface area contributed by atoms with Gasteiger partial charge in [0.15, 0.2) is 5.82 Å². The van der Waals surface area contributed by atoms with Gasteiger partial charge in [0.2, 0.25) is 0 Å². The molecule has 0 bridgehead atoms. The smallest absolute Gasteiger partial charge is 0.166 e. The van der Waals surface area contributed by atoms with Crippen molar-refractivity contribution in [1.82, 2.24) is 9.97 Å². The van der Waals surface area contributed by atoms with Crippen molar-refractivity contribution in [2.75, 3.05) is 5.73 Å². The van der Waals surface area contributed by atoms with Crippen LogP contribution in [-0.4, -0.2) is 9.97 Å². The van der Waals surface area contributed by atoms with Crippen LogP contribution in [0.4, 0.5) is 5.69 Å². The summed E-state index contributed by atoms with van der Waals surface area (Å²) >= 11 is 11.7. The van der Waals surface area contributed by atoms with Crippen LogP contribution in [-0.2, 0) is 6.61 Å². The van der Waals surface area contributed by atoms with Crippen LogP contribution in [0.15, 0.2) is 30.6 Å². The molecular formula is C11H9Cl2N3O. The van der Waals surface area contributed by atoms with E-state index in [1.807, 2.05) is 0 Å². The molecule has 0 aliphatic heterocycles. The highest BCUT2D eigenvalue weighted by molar-refractivity contribution is 6.35. The molecular weight excluding hydrogens is 261 g/mol. The molecule has 0 aliphatic rings. The number of benzene rings is 1. The monoisotopic (exact) mass is 269 g/mol. The molecule has 2 aromatic rings. The second kappa shape index (κ2) is 5.21. The van der Waals surface area contributed by atoms with E-state index >= 15 is 0 Å². The Morgan fingerprint density at radius 3 is 2.53 bits per heavy atom. The van der Waals surface area contributed by atoms with E-state index in [-0.39, 0.29) is 6.61 Å². The zero-order valence-electron chi connectivity index (χ0n) is 8.73. The third-order valence-corrected chi connectivity index (χ3v) is 2.51. The maximum absolute atomic E-state index is 5.95. The van der Waals surface area contributed by atoms with Crippen LogP contribution in [0.2, 0.25) is 10.0 Å². The Morgan fingerprint density at radius 2 is 1.88 bits per heavy atom. The van der Waals surface area contributed by atoms with Gasteiger partial charge in [-0.1, -0.05) is 23.2 Å². The molecule has 17 heavy (non-hydrogen) atoms. The van der Waals surface area contributed by atoms with Crippen molar-refractivity contribution in [3.8, 4) is 5.75 Å². The van der Waals surface area contributed by atoms with Gasteiger partial charge >= 0.3 is 0 Å². The summed E-state index contributed by atoms with van der Waals surface area (Å²) in [5, 5.41) is 1.01. The molecule has 0 saturated heterocycles. The number of anilines is 1. The fourth-order valence-electron chi connectivity index (χ4n) is 1.17. The summed E-state index contributed by atoms with van der Waals surface area (Å²) in [5.41, 5.74) is 5.99. The molecule has 0 aliphatic carbocycles. The average Bonchev–Trinajstić information content (AvgIpc) is 2.30. The zero-order valence-corrected chi connectivity index (χ0v) is 10.2. The van der Waals surface area contributed by atoms with E-state index in [1.165, 1.54) is 12.4 Å². The van der Waals surface area contributed by atoms with Crippen molar-refractivity contribution >= 4 is 28.9 Å². The van der Waals surface area contributed by atoms with Crippen LogP contribution < -0.4 is 10.5 Å². The summed E-state index contributed by atoms with van der Waals surface area (Å²) in [6.07, 6.45) is 3.05.